The van der Waals surface area contributed by atoms with Crippen molar-refractivity contribution in [3.8, 4) is 0 Å². The third kappa shape index (κ3) is 3.94. The fourth-order valence-electron chi connectivity index (χ4n) is 2.05. The van der Waals surface area contributed by atoms with E-state index in [0.29, 0.717) is 11.5 Å². The second-order valence-electron chi connectivity index (χ2n) is 5.07. The van der Waals surface area contributed by atoms with Crippen LogP contribution in [0.25, 0.3) is 0 Å². The quantitative estimate of drug-likeness (QED) is 0.443. The van der Waals surface area contributed by atoms with Gasteiger partial charge in [0.2, 0.25) is 5.82 Å². The maximum absolute atomic E-state index is 11.1. The van der Waals surface area contributed by atoms with Gasteiger partial charge in [0, 0.05) is 12.6 Å². The number of nitrogens with zero attached hydrogens (tertiary/aromatic N) is 3. The molecule has 0 spiro atoms. The number of rotatable bonds is 8. The van der Waals surface area contributed by atoms with Crippen molar-refractivity contribution >= 4 is 11.5 Å². The number of aryl methyl sites for hydroxylation is 1. The molecule has 1 aromatic rings. The molecule has 1 aromatic heterocycles. The van der Waals surface area contributed by atoms with Gasteiger partial charge >= 0.3 is 5.69 Å². The zero-order chi connectivity index (χ0) is 14.4. The lowest BCUT2D eigenvalue weighted by Gasteiger charge is -2.11. The van der Waals surface area contributed by atoms with Gasteiger partial charge in [-0.05, 0) is 27.2 Å². The largest absolute Gasteiger partial charge is 0.365 e. The lowest BCUT2D eigenvalue weighted by atomic mass is 10.2. The predicted octanol–water partition coefficient (Wildman–Crippen LogP) is 3.67. The Bertz CT molecular complexity index is 427. The van der Waals surface area contributed by atoms with E-state index in [1.54, 1.807) is 11.6 Å². The molecule has 0 amide bonds. The minimum atomic E-state index is -0.352. The van der Waals surface area contributed by atoms with Crippen LogP contribution in [-0.4, -0.2) is 21.2 Å². The predicted molar refractivity (Wildman–Crippen MR) is 76.6 cm³/mol. The van der Waals surface area contributed by atoms with Crippen molar-refractivity contribution in [2.75, 3.05) is 11.9 Å². The van der Waals surface area contributed by atoms with Gasteiger partial charge in [0.15, 0.2) is 0 Å². The topological polar surface area (TPSA) is 73.0 Å². The summed E-state index contributed by atoms with van der Waals surface area (Å²) in [6.07, 6.45) is 4.55. The van der Waals surface area contributed by atoms with Crippen molar-refractivity contribution in [1.29, 1.82) is 0 Å². The molecule has 6 nitrogen and oxygen atoms in total. The van der Waals surface area contributed by atoms with E-state index >= 15 is 0 Å². The fraction of sp³-hybridized carbons (Fsp3) is 0.769. The molecule has 1 heterocycles. The summed E-state index contributed by atoms with van der Waals surface area (Å²) >= 11 is 0. The summed E-state index contributed by atoms with van der Waals surface area (Å²) in [6.45, 7) is 8.53. The highest BCUT2D eigenvalue weighted by Gasteiger charge is 2.25. The van der Waals surface area contributed by atoms with Crippen molar-refractivity contribution in [2.45, 2.75) is 59.4 Å². The Morgan fingerprint density at radius 3 is 2.58 bits per heavy atom. The molecule has 6 heteroatoms. The van der Waals surface area contributed by atoms with Gasteiger partial charge in [0.1, 0.15) is 5.69 Å². The van der Waals surface area contributed by atoms with Crippen LogP contribution in [0.1, 0.15) is 58.2 Å². The number of aromatic nitrogens is 2. The van der Waals surface area contributed by atoms with Gasteiger partial charge in [-0.25, -0.2) is 4.68 Å². The third-order valence-corrected chi connectivity index (χ3v) is 3.05. The smallest absolute Gasteiger partial charge is 0.333 e. The summed E-state index contributed by atoms with van der Waals surface area (Å²) < 4.78 is 1.70. The van der Waals surface area contributed by atoms with Crippen molar-refractivity contribution in [3.63, 3.8) is 0 Å². The molecule has 0 aromatic carbocycles. The molecular formula is C13H24N4O2. The van der Waals surface area contributed by atoms with Crippen molar-refractivity contribution in [2.24, 2.45) is 0 Å². The molecule has 0 bridgehead atoms. The summed E-state index contributed by atoms with van der Waals surface area (Å²) in [7, 11) is 0. The molecule has 0 aliphatic heterocycles. The van der Waals surface area contributed by atoms with Gasteiger partial charge in [-0.1, -0.05) is 26.2 Å². The van der Waals surface area contributed by atoms with Crippen LogP contribution < -0.4 is 5.32 Å². The monoisotopic (exact) mass is 268 g/mol. The van der Waals surface area contributed by atoms with Gasteiger partial charge in [0.25, 0.3) is 0 Å². The van der Waals surface area contributed by atoms with E-state index in [4.69, 9.17) is 0 Å². The molecule has 19 heavy (non-hydrogen) atoms. The Kier molecular flexibility index (Phi) is 5.79. The number of anilines is 1. The standard InChI is InChI=1S/C13H24N4O2/c1-5-6-7-8-9-14-13-12(17(18)19)11(4)15-16(13)10(2)3/h10,14H,5-9H2,1-4H3. The minimum absolute atomic E-state index is 0.101. The van der Waals surface area contributed by atoms with Crippen LogP contribution in [-0.2, 0) is 0 Å². The van der Waals surface area contributed by atoms with E-state index in [0.717, 1.165) is 19.4 Å². The average molecular weight is 268 g/mol. The van der Waals surface area contributed by atoms with E-state index in [1.165, 1.54) is 12.8 Å². The van der Waals surface area contributed by atoms with Crippen molar-refractivity contribution < 1.29 is 4.92 Å². The maximum atomic E-state index is 11.1. The summed E-state index contributed by atoms with van der Waals surface area (Å²) in [5.74, 6) is 0.536. The van der Waals surface area contributed by atoms with Crippen molar-refractivity contribution in [1.82, 2.24) is 9.78 Å². The molecule has 0 saturated carbocycles. The first kappa shape index (κ1) is 15.5. The number of unbranched alkanes of at least 4 members (excludes halogenated alkanes) is 3. The second kappa shape index (κ2) is 7.11. The van der Waals surface area contributed by atoms with Crippen LogP contribution in [0, 0.1) is 17.0 Å². The second-order valence-corrected chi connectivity index (χ2v) is 5.07. The van der Waals surface area contributed by atoms with Gasteiger partial charge in [0.05, 0.1) is 4.92 Å². The molecule has 0 atom stereocenters. The normalized spacial score (nSPS) is 11.0. The van der Waals surface area contributed by atoms with Gasteiger partial charge < -0.3 is 5.32 Å². The lowest BCUT2D eigenvalue weighted by molar-refractivity contribution is -0.384. The first-order valence-electron chi connectivity index (χ1n) is 6.96. The van der Waals surface area contributed by atoms with Crippen LogP contribution in [0.15, 0.2) is 0 Å². The molecule has 1 rings (SSSR count). The molecule has 108 valence electrons. The van der Waals surface area contributed by atoms with E-state index in [-0.39, 0.29) is 16.7 Å². The number of nitrogens with one attached hydrogen (secondary N) is 1. The summed E-state index contributed by atoms with van der Waals surface area (Å²) in [5.41, 5.74) is 0.568. The van der Waals surface area contributed by atoms with Crippen LogP contribution in [0.4, 0.5) is 11.5 Å². The lowest BCUT2D eigenvalue weighted by Crippen LogP contribution is -2.12. The van der Waals surface area contributed by atoms with E-state index < -0.39 is 0 Å². The van der Waals surface area contributed by atoms with Gasteiger partial charge in [-0.15, -0.1) is 0 Å². The molecule has 1 N–H and O–H groups in total. The van der Waals surface area contributed by atoms with Crippen LogP contribution >= 0.6 is 0 Å². The highest BCUT2D eigenvalue weighted by molar-refractivity contribution is 5.59. The Labute approximate surface area is 114 Å². The zero-order valence-corrected chi connectivity index (χ0v) is 12.3. The zero-order valence-electron chi connectivity index (χ0n) is 12.3. The molecule has 0 aliphatic rings. The Hall–Kier alpha value is -1.59. The van der Waals surface area contributed by atoms with Gasteiger partial charge in [-0.2, -0.15) is 5.10 Å². The molecule has 0 saturated heterocycles. The van der Waals surface area contributed by atoms with Crippen LogP contribution in [0.2, 0.25) is 0 Å². The van der Waals surface area contributed by atoms with E-state index in [1.807, 2.05) is 13.8 Å². The summed E-state index contributed by atoms with van der Waals surface area (Å²) in [5, 5.41) is 18.6. The average Bonchev–Trinajstić information content (AvgIpc) is 2.66. The summed E-state index contributed by atoms with van der Waals surface area (Å²) in [4.78, 5) is 10.8. The highest BCUT2D eigenvalue weighted by atomic mass is 16.6. The first-order chi connectivity index (χ1) is 8.99. The molecule has 0 fully saturated rings. The molecular weight excluding hydrogens is 244 g/mol. The summed E-state index contributed by atoms with van der Waals surface area (Å²) in [6, 6.07) is 0.102. The first-order valence-corrected chi connectivity index (χ1v) is 6.96. The molecule has 0 aliphatic carbocycles. The van der Waals surface area contributed by atoms with Crippen LogP contribution in [0.5, 0.6) is 0 Å². The van der Waals surface area contributed by atoms with E-state index in [9.17, 15) is 10.1 Å². The highest BCUT2D eigenvalue weighted by Crippen LogP contribution is 2.30. The molecule has 0 unspecified atom stereocenters. The fourth-order valence-corrected chi connectivity index (χ4v) is 2.05. The third-order valence-electron chi connectivity index (χ3n) is 3.05. The number of nitro groups is 1. The molecule has 0 radical (unpaired) electrons. The van der Waals surface area contributed by atoms with Crippen molar-refractivity contribution in [3.05, 3.63) is 15.8 Å². The van der Waals surface area contributed by atoms with Gasteiger partial charge in [-0.3, -0.25) is 10.1 Å². The number of hydrogen-bond acceptors (Lipinski definition) is 4. The minimum Gasteiger partial charge on any atom is -0.365 e. The van der Waals surface area contributed by atoms with E-state index in [2.05, 4.69) is 17.3 Å². The Balaban J connectivity index is 2.81. The SMILES string of the molecule is CCCCCCNc1c([N+](=O)[O-])c(C)nn1C(C)C. The number of hydrogen-bond donors (Lipinski definition) is 1. The maximum Gasteiger partial charge on any atom is 0.333 e. The Morgan fingerprint density at radius 1 is 1.37 bits per heavy atom. The Morgan fingerprint density at radius 2 is 2.05 bits per heavy atom. The van der Waals surface area contributed by atoms with Crippen LogP contribution in [0.3, 0.4) is 0 Å².